The van der Waals surface area contributed by atoms with Crippen LogP contribution in [0.4, 0.5) is 0 Å². The summed E-state index contributed by atoms with van der Waals surface area (Å²) in [6.45, 7) is 6.67. The SMILES string of the molecule is Cc1cccc2c1nc(CCCl)n2CCN1CCSCC1. The van der Waals surface area contributed by atoms with Crippen molar-refractivity contribution in [2.75, 3.05) is 37.0 Å². The monoisotopic (exact) mass is 323 g/mol. The molecule has 5 heteroatoms. The van der Waals surface area contributed by atoms with Crippen molar-refractivity contribution in [3.8, 4) is 0 Å². The predicted molar refractivity (Wildman–Crippen MR) is 92.7 cm³/mol. The van der Waals surface area contributed by atoms with Gasteiger partial charge in [-0.15, -0.1) is 11.6 Å². The number of nitrogens with zero attached hydrogens (tertiary/aromatic N) is 3. The van der Waals surface area contributed by atoms with Gasteiger partial charge in [0.1, 0.15) is 5.82 Å². The first kappa shape index (κ1) is 15.2. The summed E-state index contributed by atoms with van der Waals surface area (Å²) in [7, 11) is 0. The highest BCUT2D eigenvalue weighted by molar-refractivity contribution is 7.99. The van der Waals surface area contributed by atoms with Crippen LogP contribution < -0.4 is 0 Å². The fourth-order valence-electron chi connectivity index (χ4n) is 2.93. The molecular weight excluding hydrogens is 302 g/mol. The average molecular weight is 324 g/mol. The number of imidazole rings is 1. The lowest BCUT2D eigenvalue weighted by atomic mass is 10.2. The third-order valence-electron chi connectivity index (χ3n) is 4.12. The van der Waals surface area contributed by atoms with Crippen LogP contribution in [0.1, 0.15) is 11.4 Å². The van der Waals surface area contributed by atoms with Crippen molar-refractivity contribution in [2.24, 2.45) is 0 Å². The Morgan fingerprint density at radius 3 is 2.81 bits per heavy atom. The highest BCUT2D eigenvalue weighted by atomic mass is 35.5. The van der Waals surface area contributed by atoms with Crippen LogP contribution >= 0.6 is 23.4 Å². The fourth-order valence-corrected chi connectivity index (χ4v) is 4.07. The third-order valence-corrected chi connectivity index (χ3v) is 5.25. The lowest BCUT2D eigenvalue weighted by Gasteiger charge is -2.26. The van der Waals surface area contributed by atoms with E-state index in [9.17, 15) is 0 Å². The van der Waals surface area contributed by atoms with Crippen molar-refractivity contribution in [3.05, 3.63) is 29.6 Å². The predicted octanol–water partition coefficient (Wildman–Crippen LogP) is 3.17. The smallest absolute Gasteiger partial charge is 0.111 e. The van der Waals surface area contributed by atoms with E-state index < -0.39 is 0 Å². The standard InChI is InChI=1S/C16H22ClN3S/c1-13-3-2-4-14-16(13)18-15(5-6-17)20(14)8-7-19-9-11-21-12-10-19/h2-4H,5-12H2,1H3. The van der Waals surface area contributed by atoms with E-state index in [0.717, 1.165) is 30.9 Å². The molecule has 0 bridgehead atoms. The number of rotatable bonds is 5. The molecule has 2 aromatic rings. The van der Waals surface area contributed by atoms with Gasteiger partial charge in [-0.2, -0.15) is 11.8 Å². The number of fused-ring (bicyclic) bond motifs is 1. The van der Waals surface area contributed by atoms with Crippen LogP contribution in [-0.4, -0.2) is 51.5 Å². The van der Waals surface area contributed by atoms with Gasteiger partial charge >= 0.3 is 0 Å². The van der Waals surface area contributed by atoms with Gasteiger partial charge in [0.2, 0.25) is 0 Å². The Kier molecular flexibility index (Phi) is 5.09. The van der Waals surface area contributed by atoms with E-state index >= 15 is 0 Å². The first-order chi connectivity index (χ1) is 10.3. The first-order valence-electron chi connectivity index (χ1n) is 7.60. The van der Waals surface area contributed by atoms with E-state index in [4.69, 9.17) is 16.6 Å². The van der Waals surface area contributed by atoms with Crippen LogP contribution in [0.2, 0.25) is 0 Å². The molecule has 21 heavy (non-hydrogen) atoms. The lowest BCUT2D eigenvalue weighted by molar-refractivity contribution is 0.289. The van der Waals surface area contributed by atoms with Crippen molar-refractivity contribution in [1.29, 1.82) is 0 Å². The molecule has 1 aromatic carbocycles. The second-order valence-corrected chi connectivity index (χ2v) is 7.12. The summed E-state index contributed by atoms with van der Waals surface area (Å²) in [6.07, 6.45) is 0.839. The van der Waals surface area contributed by atoms with Crippen molar-refractivity contribution >= 4 is 34.4 Å². The number of aryl methyl sites for hydroxylation is 2. The van der Waals surface area contributed by atoms with Gasteiger partial charge in [-0.25, -0.2) is 4.98 Å². The van der Waals surface area contributed by atoms with Gasteiger partial charge in [0.05, 0.1) is 11.0 Å². The highest BCUT2D eigenvalue weighted by Crippen LogP contribution is 2.20. The molecule has 2 heterocycles. The Morgan fingerprint density at radius 1 is 1.24 bits per heavy atom. The quantitative estimate of drug-likeness (QED) is 0.789. The summed E-state index contributed by atoms with van der Waals surface area (Å²) >= 11 is 8.02. The molecule has 0 unspecified atom stereocenters. The van der Waals surface area contributed by atoms with Gasteiger partial charge < -0.3 is 4.57 Å². The Balaban J connectivity index is 1.84. The molecule has 1 aromatic heterocycles. The van der Waals surface area contributed by atoms with Crippen LogP contribution in [0.25, 0.3) is 11.0 Å². The number of hydrogen-bond acceptors (Lipinski definition) is 3. The second kappa shape index (κ2) is 7.03. The van der Waals surface area contributed by atoms with Crippen LogP contribution in [-0.2, 0) is 13.0 Å². The molecule has 0 saturated carbocycles. The molecular formula is C16H22ClN3S. The largest absolute Gasteiger partial charge is 0.327 e. The fraction of sp³-hybridized carbons (Fsp3) is 0.562. The van der Waals surface area contributed by atoms with Gasteiger partial charge in [0.15, 0.2) is 0 Å². The summed E-state index contributed by atoms with van der Waals surface area (Å²) in [6, 6.07) is 6.43. The van der Waals surface area contributed by atoms with E-state index in [1.807, 2.05) is 0 Å². The Hall–Kier alpha value is -0.710. The van der Waals surface area contributed by atoms with Gasteiger partial charge in [-0.05, 0) is 18.6 Å². The van der Waals surface area contributed by atoms with E-state index in [1.165, 1.54) is 35.7 Å². The van der Waals surface area contributed by atoms with Crippen LogP contribution in [0.15, 0.2) is 18.2 Å². The van der Waals surface area contributed by atoms with Crippen molar-refractivity contribution in [2.45, 2.75) is 19.9 Å². The van der Waals surface area contributed by atoms with E-state index in [0.29, 0.717) is 5.88 Å². The summed E-state index contributed by atoms with van der Waals surface area (Å²) in [5, 5.41) is 0. The summed E-state index contributed by atoms with van der Waals surface area (Å²) in [4.78, 5) is 7.38. The molecule has 1 aliphatic rings. The molecule has 114 valence electrons. The molecule has 1 fully saturated rings. The van der Waals surface area contributed by atoms with E-state index in [2.05, 4.69) is 46.4 Å². The van der Waals surface area contributed by atoms with Gasteiger partial charge in [-0.3, -0.25) is 4.90 Å². The maximum Gasteiger partial charge on any atom is 0.111 e. The molecule has 0 atom stereocenters. The molecule has 0 radical (unpaired) electrons. The zero-order chi connectivity index (χ0) is 14.7. The average Bonchev–Trinajstić information content (AvgIpc) is 2.86. The van der Waals surface area contributed by atoms with Crippen molar-refractivity contribution in [3.63, 3.8) is 0 Å². The molecule has 3 rings (SSSR count). The van der Waals surface area contributed by atoms with Crippen molar-refractivity contribution < 1.29 is 0 Å². The van der Waals surface area contributed by atoms with Gasteiger partial charge in [0, 0.05) is 50.0 Å². The number of halogens is 1. The molecule has 0 N–H and O–H groups in total. The minimum absolute atomic E-state index is 0.628. The molecule has 0 amide bonds. The number of para-hydroxylation sites is 1. The summed E-state index contributed by atoms with van der Waals surface area (Å²) in [5.74, 6) is 4.28. The van der Waals surface area contributed by atoms with Crippen molar-refractivity contribution in [1.82, 2.24) is 14.5 Å². The van der Waals surface area contributed by atoms with Gasteiger partial charge in [0.25, 0.3) is 0 Å². The van der Waals surface area contributed by atoms with Crippen LogP contribution in [0, 0.1) is 6.92 Å². The van der Waals surface area contributed by atoms with E-state index in [1.54, 1.807) is 0 Å². The number of alkyl halides is 1. The minimum Gasteiger partial charge on any atom is -0.327 e. The normalized spacial score (nSPS) is 16.7. The third kappa shape index (κ3) is 3.38. The summed E-state index contributed by atoms with van der Waals surface area (Å²) in [5.41, 5.74) is 3.63. The minimum atomic E-state index is 0.628. The van der Waals surface area contributed by atoms with E-state index in [-0.39, 0.29) is 0 Å². The number of thioether (sulfide) groups is 1. The van der Waals surface area contributed by atoms with Gasteiger partial charge in [-0.1, -0.05) is 12.1 Å². The number of hydrogen-bond donors (Lipinski definition) is 0. The number of benzene rings is 1. The zero-order valence-electron chi connectivity index (χ0n) is 12.5. The number of aromatic nitrogens is 2. The summed E-state index contributed by atoms with van der Waals surface area (Å²) < 4.78 is 2.37. The first-order valence-corrected chi connectivity index (χ1v) is 9.29. The highest BCUT2D eigenvalue weighted by Gasteiger charge is 2.14. The molecule has 1 saturated heterocycles. The Morgan fingerprint density at radius 2 is 2.05 bits per heavy atom. The molecule has 1 aliphatic heterocycles. The van der Waals surface area contributed by atoms with Crippen LogP contribution in [0.5, 0.6) is 0 Å². The lowest BCUT2D eigenvalue weighted by Crippen LogP contribution is -2.35. The Bertz CT molecular complexity index is 605. The Labute approximate surface area is 135 Å². The molecule has 0 aliphatic carbocycles. The second-order valence-electron chi connectivity index (χ2n) is 5.52. The topological polar surface area (TPSA) is 21.1 Å². The molecule has 3 nitrogen and oxygen atoms in total. The maximum absolute atomic E-state index is 5.96. The maximum atomic E-state index is 5.96. The van der Waals surface area contributed by atoms with Crippen LogP contribution in [0.3, 0.4) is 0 Å². The zero-order valence-corrected chi connectivity index (χ0v) is 14.1. The molecule has 0 spiro atoms.